The van der Waals surface area contributed by atoms with Gasteiger partial charge in [0, 0.05) is 36.9 Å². The van der Waals surface area contributed by atoms with Crippen LogP contribution in [0.1, 0.15) is 38.0 Å². The smallest absolute Gasteiger partial charge is 0.317 e. The van der Waals surface area contributed by atoms with Crippen molar-refractivity contribution in [3.8, 4) is 0 Å². The number of carbonyl (C=O) groups excluding carboxylic acids is 1. The molecule has 0 saturated heterocycles. The van der Waals surface area contributed by atoms with Crippen molar-refractivity contribution in [2.45, 2.75) is 51.6 Å². The maximum absolute atomic E-state index is 12.1. The number of amides is 2. The highest BCUT2D eigenvalue weighted by atomic mass is 32.1. The van der Waals surface area contributed by atoms with Crippen LogP contribution in [0, 0.1) is 0 Å². The summed E-state index contributed by atoms with van der Waals surface area (Å²) >= 11 is 1.69. The van der Waals surface area contributed by atoms with Crippen molar-refractivity contribution < 1.29 is 14.7 Å². The van der Waals surface area contributed by atoms with E-state index in [-0.39, 0.29) is 24.5 Å². The largest absolute Gasteiger partial charge is 0.481 e. The molecule has 1 rings (SSSR count). The number of carboxylic acids is 1. The Morgan fingerprint density at radius 2 is 2.14 bits per heavy atom. The van der Waals surface area contributed by atoms with E-state index in [1.165, 1.54) is 4.88 Å². The Bertz CT molecular complexity index is 448. The van der Waals surface area contributed by atoms with Gasteiger partial charge in [0.25, 0.3) is 0 Å². The van der Waals surface area contributed by atoms with Crippen molar-refractivity contribution in [1.82, 2.24) is 10.2 Å². The minimum absolute atomic E-state index is 0.0202. The Balaban J connectivity index is 2.33. The number of urea groups is 1. The Labute approximate surface area is 130 Å². The van der Waals surface area contributed by atoms with E-state index in [0.717, 1.165) is 6.42 Å². The first kappa shape index (κ1) is 17.5. The van der Waals surface area contributed by atoms with Gasteiger partial charge in [-0.3, -0.25) is 4.79 Å². The summed E-state index contributed by atoms with van der Waals surface area (Å²) in [5.41, 5.74) is 0. The molecule has 1 heterocycles. The number of nitrogens with one attached hydrogen (secondary N) is 1. The Kier molecular flexibility index (Phi) is 7.22. The second-order valence-electron chi connectivity index (χ2n) is 5.38. The first-order chi connectivity index (χ1) is 9.90. The van der Waals surface area contributed by atoms with Crippen LogP contribution in [0.3, 0.4) is 0 Å². The monoisotopic (exact) mass is 312 g/mol. The lowest BCUT2D eigenvalue weighted by Crippen LogP contribution is -2.46. The van der Waals surface area contributed by atoms with E-state index in [0.29, 0.717) is 12.8 Å². The highest BCUT2D eigenvalue weighted by Gasteiger charge is 2.18. The van der Waals surface area contributed by atoms with E-state index in [2.05, 4.69) is 11.4 Å². The van der Waals surface area contributed by atoms with E-state index in [1.54, 1.807) is 23.3 Å². The lowest BCUT2D eigenvalue weighted by Gasteiger charge is -2.26. The molecule has 0 aliphatic rings. The third kappa shape index (κ3) is 6.62. The van der Waals surface area contributed by atoms with E-state index in [1.807, 2.05) is 25.3 Å². The molecule has 1 aromatic rings. The highest BCUT2D eigenvalue weighted by Crippen LogP contribution is 2.13. The van der Waals surface area contributed by atoms with E-state index in [4.69, 9.17) is 5.11 Å². The number of aliphatic carboxylic acids is 1. The first-order valence-electron chi connectivity index (χ1n) is 7.17. The van der Waals surface area contributed by atoms with Gasteiger partial charge in [-0.1, -0.05) is 6.07 Å². The number of rotatable bonds is 8. The Morgan fingerprint density at radius 1 is 1.43 bits per heavy atom. The summed E-state index contributed by atoms with van der Waals surface area (Å²) in [7, 11) is 1.79. The predicted octanol–water partition coefficient (Wildman–Crippen LogP) is 2.96. The van der Waals surface area contributed by atoms with Crippen LogP contribution in [0.4, 0.5) is 4.79 Å². The number of carbonyl (C=O) groups is 2. The van der Waals surface area contributed by atoms with Gasteiger partial charge < -0.3 is 15.3 Å². The van der Waals surface area contributed by atoms with Crippen molar-refractivity contribution in [1.29, 1.82) is 0 Å². The molecular formula is C15H24N2O3S. The quantitative estimate of drug-likeness (QED) is 0.775. The molecule has 1 aromatic heterocycles. The average molecular weight is 312 g/mol. The van der Waals surface area contributed by atoms with Crippen molar-refractivity contribution >= 4 is 23.3 Å². The summed E-state index contributed by atoms with van der Waals surface area (Å²) in [6.07, 6.45) is 2.23. The molecule has 0 spiro atoms. The molecule has 21 heavy (non-hydrogen) atoms. The molecule has 2 N–H and O–H groups in total. The molecule has 118 valence electrons. The standard InChI is InChI=1S/C15H24N2O3S/c1-11(6-4-8-14(18)19)16-15(20)17(3)12(2)10-13-7-5-9-21-13/h5,7,9,11-12H,4,6,8,10H2,1-3H3,(H,16,20)(H,18,19). The molecule has 0 bridgehead atoms. The molecule has 0 radical (unpaired) electrons. The molecular weight excluding hydrogens is 288 g/mol. The zero-order chi connectivity index (χ0) is 15.8. The van der Waals surface area contributed by atoms with Crippen LogP contribution < -0.4 is 5.32 Å². The fraction of sp³-hybridized carbons (Fsp3) is 0.600. The fourth-order valence-electron chi connectivity index (χ4n) is 2.00. The maximum atomic E-state index is 12.1. The second kappa shape index (κ2) is 8.67. The molecule has 6 heteroatoms. The highest BCUT2D eigenvalue weighted by molar-refractivity contribution is 7.09. The van der Waals surface area contributed by atoms with Crippen LogP contribution >= 0.6 is 11.3 Å². The lowest BCUT2D eigenvalue weighted by atomic mass is 10.1. The lowest BCUT2D eigenvalue weighted by molar-refractivity contribution is -0.137. The normalized spacial score (nSPS) is 13.5. The first-order valence-corrected chi connectivity index (χ1v) is 8.05. The third-order valence-electron chi connectivity index (χ3n) is 3.46. The second-order valence-corrected chi connectivity index (χ2v) is 6.41. The minimum Gasteiger partial charge on any atom is -0.481 e. The van der Waals surface area contributed by atoms with Crippen molar-refractivity contribution in [3.63, 3.8) is 0 Å². The SMILES string of the molecule is CC(CCCC(=O)O)NC(=O)N(C)C(C)Cc1cccs1. The molecule has 0 aliphatic carbocycles. The summed E-state index contributed by atoms with van der Waals surface area (Å²) in [6, 6.07) is 4.07. The van der Waals surface area contributed by atoms with Crippen LogP contribution in [0.25, 0.3) is 0 Å². The predicted molar refractivity (Wildman–Crippen MR) is 84.7 cm³/mol. The van der Waals surface area contributed by atoms with Gasteiger partial charge >= 0.3 is 12.0 Å². The molecule has 0 aromatic carbocycles. The number of likely N-dealkylation sites (N-methyl/N-ethyl adjacent to an activating group) is 1. The molecule has 2 atom stereocenters. The zero-order valence-electron chi connectivity index (χ0n) is 12.8. The van der Waals surface area contributed by atoms with Gasteiger partial charge in [0.2, 0.25) is 0 Å². The van der Waals surface area contributed by atoms with Crippen LogP contribution in [-0.2, 0) is 11.2 Å². The van der Waals surface area contributed by atoms with Gasteiger partial charge in [-0.25, -0.2) is 4.79 Å². The Hall–Kier alpha value is -1.56. The van der Waals surface area contributed by atoms with Gasteiger partial charge in [-0.15, -0.1) is 11.3 Å². The number of hydrogen-bond acceptors (Lipinski definition) is 3. The molecule has 5 nitrogen and oxygen atoms in total. The molecule has 0 aliphatic heterocycles. The van der Waals surface area contributed by atoms with Gasteiger partial charge in [0.15, 0.2) is 0 Å². The molecule has 2 amide bonds. The van der Waals surface area contributed by atoms with Crippen molar-refractivity contribution in [2.75, 3.05) is 7.05 Å². The van der Waals surface area contributed by atoms with Crippen molar-refractivity contribution in [3.05, 3.63) is 22.4 Å². The van der Waals surface area contributed by atoms with Crippen molar-refractivity contribution in [2.24, 2.45) is 0 Å². The number of nitrogens with zero attached hydrogens (tertiary/aromatic N) is 1. The fourth-order valence-corrected chi connectivity index (χ4v) is 2.83. The summed E-state index contributed by atoms with van der Waals surface area (Å²) in [4.78, 5) is 25.5. The minimum atomic E-state index is -0.796. The third-order valence-corrected chi connectivity index (χ3v) is 4.35. The summed E-state index contributed by atoms with van der Waals surface area (Å²) in [5, 5.41) is 13.5. The number of hydrogen-bond donors (Lipinski definition) is 2. The summed E-state index contributed by atoms with van der Waals surface area (Å²) < 4.78 is 0. The van der Waals surface area contributed by atoms with Gasteiger partial charge in [-0.05, 0) is 38.1 Å². The van der Waals surface area contributed by atoms with E-state index < -0.39 is 5.97 Å². The molecule has 0 fully saturated rings. The van der Waals surface area contributed by atoms with E-state index >= 15 is 0 Å². The van der Waals surface area contributed by atoms with Crippen LogP contribution in [0.15, 0.2) is 17.5 Å². The number of thiophene rings is 1. The van der Waals surface area contributed by atoms with Gasteiger partial charge in [-0.2, -0.15) is 0 Å². The average Bonchev–Trinajstić information content (AvgIpc) is 2.89. The van der Waals surface area contributed by atoms with E-state index in [9.17, 15) is 9.59 Å². The molecule has 0 saturated carbocycles. The molecule has 2 unspecified atom stereocenters. The van der Waals surface area contributed by atoms with Crippen LogP contribution in [0.2, 0.25) is 0 Å². The van der Waals surface area contributed by atoms with Crippen LogP contribution in [-0.4, -0.2) is 41.1 Å². The number of carboxylic acid groups (broad SMARTS) is 1. The maximum Gasteiger partial charge on any atom is 0.317 e. The zero-order valence-corrected chi connectivity index (χ0v) is 13.7. The summed E-state index contributed by atoms with van der Waals surface area (Å²) in [6.45, 7) is 3.92. The van der Waals surface area contributed by atoms with Gasteiger partial charge in [0.1, 0.15) is 0 Å². The summed E-state index contributed by atoms with van der Waals surface area (Å²) in [5.74, 6) is -0.796. The van der Waals surface area contributed by atoms with Gasteiger partial charge in [0.05, 0.1) is 0 Å². The Morgan fingerprint density at radius 3 is 2.71 bits per heavy atom. The topological polar surface area (TPSA) is 69.6 Å². The van der Waals surface area contributed by atoms with Crippen LogP contribution in [0.5, 0.6) is 0 Å².